The van der Waals surface area contributed by atoms with Gasteiger partial charge in [-0.2, -0.15) is 0 Å². The van der Waals surface area contributed by atoms with Crippen molar-refractivity contribution in [3.8, 4) is 11.5 Å². The number of benzene rings is 1. The number of rotatable bonds is 3. The van der Waals surface area contributed by atoms with E-state index in [1.807, 2.05) is 6.07 Å². The molecule has 0 saturated carbocycles. The highest BCUT2D eigenvalue weighted by Crippen LogP contribution is 2.40. The summed E-state index contributed by atoms with van der Waals surface area (Å²) in [5, 5.41) is 0.546. The number of nitrogens with zero attached hydrogens (tertiary/aromatic N) is 1. The van der Waals surface area contributed by atoms with Crippen LogP contribution in [0.2, 0.25) is 16.6 Å². The van der Waals surface area contributed by atoms with E-state index in [9.17, 15) is 4.39 Å². The first-order valence-electron chi connectivity index (χ1n) is 8.37. The molecule has 23 heavy (non-hydrogen) atoms. The summed E-state index contributed by atoms with van der Waals surface area (Å²) in [6.07, 6.45) is 1.68. The van der Waals surface area contributed by atoms with Crippen molar-refractivity contribution >= 4 is 19.0 Å². The van der Waals surface area contributed by atoms with E-state index in [-0.39, 0.29) is 5.82 Å². The van der Waals surface area contributed by atoms with Crippen LogP contribution in [-0.2, 0) is 0 Å². The smallest absolute Gasteiger partial charge is 0.148 e. The zero-order valence-electron chi connectivity index (χ0n) is 14.9. The Balaban J connectivity index is 2.57. The van der Waals surface area contributed by atoms with E-state index in [4.69, 9.17) is 0 Å². The van der Waals surface area contributed by atoms with Crippen LogP contribution < -0.4 is 0 Å². The minimum atomic E-state index is -1.84. The van der Waals surface area contributed by atoms with Gasteiger partial charge in [-0.05, 0) is 40.9 Å². The van der Waals surface area contributed by atoms with Gasteiger partial charge in [-0.15, -0.1) is 5.54 Å². The van der Waals surface area contributed by atoms with Gasteiger partial charge in [0.15, 0.2) is 0 Å². The molecule has 122 valence electrons. The van der Waals surface area contributed by atoms with Gasteiger partial charge in [0.05, 0.1) is 11.1 Å². The van der Waals surface area contributed by atoms with Crippen LogP contribution in [0.15, 0.2) is 30.5 Å². The van der Waals surface area contributed by atoms with Gasteiger partial charge in [-0.3, -0.25) is 4.98 Å². The Labute approximate surface area is 140 Å². The molecule has 0 amide bonds. The topological polar surface area (TPSA) is 12.9 Å². The van der Waals surface area contributed by atoms with Crippen LogP contribution in [0.1, 0.15) is 47.1 Å². The molecule has 3 heteroatoms. The largest absolute Gasteiger partial charge is 0.256 e. The van der Waals surface area contributed by atoms with Gasteiger partial charge in [0.1, 0.15) is 13.9 Å². The number of halogens is 1. The van der Waals surface area contributed by atoms with Crippen LogP contribution in [0.3, 0.4) is 0 Å². The quantitative estimate of drug-likeness (QED) is 0.502. The number of pyridine rings is 1. The molecule has 0 bridgehead atoms. The van der Waals surface area contributed by atoms with E-state index < -0.39 is 8.07 Å². The monoisotopic (exact) mass is 327 g/mol. The zero-order valence-corrected chi connectivity index (χ0v) is 15.9. The molecule has 0 spiro atoms. The van der Waals surface area contributed by atoms with Crippen molar-refractivity contribution < 1.29 is 4.39 Å². The summed E-state index contributed by atoms with van der Waals surface area (Å²) in [7, 11) is -1.84. The van der Waals surface area contributed by atoms with Gasteiger partial charge in [-0.25, -0.2) is 4.39 Å². The van der Waals surface area contributed by atoms with Gasteiger partial charge in [0.2, 0.25) is 0 Å². The minimum absolute atomic E-state index is 0.248. The average molecular weight is 328 g/mol. The van der Waals surface area contributed by atoms with E-state index >= 15 is 0 Å². The van der Waals surface area contributed by atoms with Crippen LogP contribution in [0.5, 0.6) is 0 Å². The van der Waals surface area contributed by atoms with Crippen molar-refractivity contribution in [2.75, 3.05) is 0 Å². The zero-order chi connectivity index (χ0) is 17.2. The molecule has 1 heterocycles. The fourth-order valence-corrected chi connectivity index (χ4v) is 9.04. The van der Waals surface area contributed by atoms with Crippen molar-refractivity contribution in [2.24, 2.45) is 0 Å². The summed E-state index contributed by atoms with van der Waals surface area (Å²) >= 11 is 0. The van der Waals surface area contributed by atoms with Gasteiger partial charge >= 0.3 is 0 Å². The maximum Gasteiger partial charge on any atom is 0.148 e. The molecular weight excluding hydrogens is 301 g/mol. The summed E-state index contributed by atoms with van der Waals surface area (Å²) in [6.45, 7) is 13.6. The maximum atomic E-state index is 14.7. The van der Waals surface area contributed by atoms with Gasteiger partial charge < -0.3 is 0 Å². The molecule has 0 radical (unpaired) electrons. The van der Waals surface area contributed by atoms with Crippen LogP contribution in [0, 0.1) is 17.3 Å². The number of hydrogen-bond acceptors (Lipinski definition) is 1. The molecule has 0 aliphatic rings. The van der Waals surface area contributed by atoms with Gasteiger partial charge in [0, 0.05) is 11.6 Å². The van der Waals surface area contributed by atoms with Crippen molar-refractivity contribution in [3.63, 3.8) is 0 Å². The number of hydrogen-bond donors (Lipinski definition) is 0. The SMILES string of the molecule is CC(C)[Si](C#Cc1ccc2ncccc2c1F)(C(C)C)C(C)C. The molecule has 0 aliphatic carbocycles. The third-order valence-electron chi connectivity index (χ3n) is 5.00. The van der Waals surface area contributed by atoms with E-state index in [1.54, 1.807) is 24.4 Å². The Bertz CT molecular complexity index is 731. The standard InChI is InChI=1S/C20H26FNSi/c1-14(2)23(15(3)4,16(5)6)13-11-17-9-10-19-18(20(17)21)8-7-12-22-19/h7-10,12,14-16H,1-6H3. The highest BCUT2D eigenvalue weighted by atomic mass is 28.3. The lowest BCUT2D eigenvalue weighted by Crippen LogP contribution is -2.43. The molecule has 0 aliphatic heterocycles. The lowest BCUT2D eigenvalue weighted by molar-refractivity contribution is 0.636. The fraction of sp³-hybridized carbons (Fsp3) is 0.450. The molecule has 0 atom stereocenters. The average Bonchev–Trinajstić information content (AvgIpc) is 2.49. The first kappa shape index (κ1) is 17.7. The summed E-state index contributed by atoms with van der Waals surface area (Å²) in [5.41, 5.74) is 6.37. The molecule has 0 N–H and O–H groups in total. The maximum absolute atomic E-state index is 14.7. The number of fused-ring (bicyclic) bond motifs is 1. The molecule has 0 saturated heterocycles. The molecule has 1 aromatic carbocycles. The second-order valence-electron chi connectivity index (χ2n) is 7.14. The summed E-state index contributed by atoms with van der Waals surface area (Å²) in [6, 6.07) is 7.14. The lowest BCUT2D eigenvalue weighted by Gasteiger charge is -2.38. The Hall–Kier alpha value is -1.66. The third-order valence-corrected chi connectivity index (χ3v) is 11.3. The van der Waals surface area contributed by atoms with Crippen LogP contribution in [0.4, 0.5) is 4.39 Å². The van der Waals surface area contributed by atoms with Crippen LogP contribution in [0.25, 0.3) is 10.9 Å². The molecule has 2 aromatic rings. The highest BCUT2D eigenvalue weighted by Gasteiger charge is 2.41. The molecule has 1 aromatic heterocycles. The van der Waals surface area contributed by atoms with Crippen molar-refractivity contribution in [1.82, 2.24) is 4.98 Å². The molecule has 1 nitrogen and oxygen atoms in total. The second kappa shape index (κ2) is 6.84. The third kappa shape index (κ3) is 3.18. The summed E-state index contributed by atoms with van der Waals surface area (Å²) in [5.74, 6) is 2.95. The fourth-order valence-electron chi connectivity index (χ4n) is 3.82. The van der Waals surface area contributed by atoms with E-state index in [1.165, 1.54) is 0 Å². The first-order chi connectivity index (χ1) is 10.8. The molecular formula is C20H26FNSi. The first-order valence-corrected chi connectivity index (χ1v) is 10.6. The van der Waals surface area contributed by atoms with Crippen LogP contribution >= 0.6 is 0 Å². The minimum Gasteiger partial charge on any atom is -0.256 e. The van der Waals surface area contributed by atoms with E-state index in [0.29, 0.717) is 33.1 Å². The van der Waals surface area contributed by atoms with Crippen molar-refractivity contribution in [3.05, 3.63) is 41.8 Å². The molecule has 2 rings (SSSR count). The Kier molecular flexibility index (Phi) is 5.26. The van der Waals surface area contributed by atoms with Crippen molar-refractivity contribution in [1.29, 1.82) is 0 Å². The van der Waals surface area contributed by atoms with Gasteiger partial charge in [0.25, 0.3) is 0 Å². The Morgan fingerprint density at radius 1 is 0.957 bits per heavy atom. The van der Waals surface area contributed by atoms with Crippen molar-refractivity contribution in [2.45, 2.75) is 58.2 Å². The Morgan fingerprint density at radius 3 is 2.13 bits per heavy atom. The summed E-state index contributed by atoms with van der Waals surface area (Å²) < 4.78 is 14.7. The second-order valence-corrected chi connectivity index (χ2v) is 12.7. The molecule has 0 fully saturated rings. The normalized spacial score (nSPS) is 12.1. The summed E-state index contributed by atoms with van der Waals surface area (Å²) in [4.78, 5) is 4.20. The van der Waals surface area contributed by atoms with Gasteiger partial charge in [-0.1, -0.05) is 47.5 Å². The molecule has 0 unspecified atom stereocenters. The van der Waals surface area contributed by atoms with E-state index in [0.717, 1.165) is 0 Å². The predicted molar refractivity (Wildman–Crippen MR) is 99.6 cm³/mol. The Morgan fingerprint density at radius 2 is 1.57 bits per heavy atom. The number of aromatic nitrogens is 1. The van der Waals surface area contributed by atoms with E-state index in [2.05, 4.69) is 58.0 Å². The lowest BCUT2D eigenvalue weighted by atomic mass is 10.1. The predicted octanol–water partition coefficient (Wildman–Crippen LogP) is 5.94. The van der Waals surface area contributed by atoms with Crippen LogP contribution in [-0.4, -0.2) is 13.1 Å². The highest BCUT2D eigenvalue weighted by molar-refractivity contribution is 6.90.